The Bertz CT molecular complexity index is 175. The Morgan fingerprint density at radius 3 is 2.55 bits per heavy atom. The lowest BCUT2D eigenvalue weighted by Crippen LogP contribution is -2.15. The Kier molecular flexibility index (Phi) is 4.81. The van der Waals surface area contributed by atoms with E-state index in [1.54, 1.807) is 13.2 Å². The van der Waals surface area contributed by atoms with Gasteiger partial charge in [0.1, 0.15) is 5.78 Å². The van der Waals surface area contributed by atoms with Gasteiger partial charge in [-0.1, -0.05) is 0 Å². The van der Waals surface area contributed by atoms with Crippen LogP contribution in [0.1, 0.15) is 13.3 Å². The molecular formula is C7H12N2O2. The summed E-state index contributed by atoms with van der Waals surface area (Å²) in [5, 5.41) is 5.13. The van der Waals surface area contributed by atoms with Crippen LogP contribution in [-0.2, 0) is 9.59 Å². The first-order chi connectivity index (χ1) is 5.20. The third-order valence-corrected chi connectivity index (χ3v) is 1.00. The molecule has 0 heterocycles. The van der Waals surface area contributed by atoms with Gasteiger partial charge in [-0.3, -0.25) is 9.59 Å². The van der Waals surface area contributed by atoms with Crippen LogP contribution >= 0.6 is 0 Å². The van der Waals surface area contributed by atoms with Crippen molar-refractivity contribution in [2.45, 2.75) is 13.3 Å². The summed E-state index contributed by atoms with van der Waals surface area (Å²) in [6, 6.07) is 0. The van der Waals surface area contributed by atoms with Gasteiger partial charge in [0.05, 0.1) is 0 Å². The van der Waals surface area contributed by atoms with Crippen molar-refractivity contribution in [1.29, 1.82) is 0 Å². The van der Waals surface area contributed by atoms with Gasteiger partial charge in [-0.25, -0.2) is 0 Å². The number of carbonyl (C=O) groups excluding carboxylic acids is 2. The van der Waals surface area contributed by atoms with E-state index in [1.165, 1.54) is 6.92 Å². The summed E-state index contributed by atoms with van der Waals surface area (Å²) >= 11 is 0. The standard InChI is InChI=1S/C7H12N2O2/c1-6(11)3-7(4-8-2)9-5-10/h4-5,8H,3H2,1-2H3,(H,9,10)/b7-4-. The molecule has 1 amide bonds. The van der Waals surface area contributed by atoms with E-state index in [0.717, 1.165) is 0 Å². The maximum absolute atomic E-state index is 10.6. The second-order valence-corrected chi connectivity index (χ2v) is 2.10. The van der Waals surface area contributed by atoms with E-state index < -0.39 is 0 Å². The highest BCUT2D eigenvalue weighted by atomic mass is 16.1. The van der Waals surface area contributed by atoms with Crippen molar-refractivity contribution in [2.75, 3.05) is 7.05 Å². The van der Waals surface area contributed by atoms with Gasteiger partial charge in [0.2, 0.25) is 6.41 Å². The SMILES string of the molecule is CN/C=C(/CC(C)=O)NC=O. The average molecular weight is 156 g/mol. The van der Waals surface area contributed by atoms with Gasteiger partial charge < -0.3 is 10.6 Å². The second kappa shape index (κ2) is 5.46. The quantitative estimate of drug-likeness (QED) is 0.541. The fourth-order valence-corrected chi connectivity index (χ4v) is 0.662. The van der Waals surface area contributed by atoms with Crippen LogP contribution in [0.15, 0.2) is 11.9 Å². The molecule has 0 aliphatic rings. The van der Waals surface area contributed by atoms with E-state index in [2.05, 4.69) is 10.6 Å². The maximum Gasteiger partial charge on any atom is 0.211 e. The first-order valence-electron chi connectivity index (χ1n) is 3.26. The highest BCUT2D eigenvalue weighted by molar-refractivity contribution is 5.78. The molecule has 0 radical (unpaired) electrons. The molecule has 0 bridgehead atoms. The summed E-state index contributed by atoms with van der Waals surface area (Å²) in [5.41, 5.74) is 0.579. The Balaban J connectivity index is 3.98. The molecule has 0 spiro atoms. The van der Waals surface area contributed by atoms with Crippen molar-refractivity contribution in [3.8, 4) is 0 Å². The number of hydrogen-bond acceptors (Lipinski definition) is 3. The molecule has 4 nitrogen and oxygen atoms in total. The zero-order valence-corrected chi connectivity index (χ0v) is 6.68. The third kappa shape index (κ3) is 5.14. The highest BCUT2D eigenvalue weighted by Crippen LogP contribution is 1.94. The van der Waals surface area contributed by atoms with Gasteiger partial charge in [0, 0.05) is 25.4 Å². The highest BCUT2D eigenvalue weighted by Gasteiger charge is 1.98. The zero-order valence-electron chi connectivity index (χ0n) is 6.68. The summed E-state index contributed by atoms with van der Waals surface area (Å²) in [5.74, 6) is 0.0147. The molecular weight excluding hydrogens is 144 g/mol. The van der Waals surface area contributed by atoms with Gasteiger partial charge in [-0.05, 0) is 6.92 Å². The van der Waals surface area contributed by atoms with Crippen LogP contribution in [0.3, 0.4) is 0 Å². The summed E-state index contributed by atoms with van der Waals surface area (Å²) in [6.07, 6.45) is 2.38. The van der Waals surface area contributed by atoms with Crippen LogP contribution in [0.25, 0.3) is 0 Å². The molecule has 0 saturated carbocycles. The maximum atomic E-state index is 10.6. The van der Waals surface area contributed by atoms with Crippen molar-refractivity contribution < 1.29 is 9.59 Å². The molecule has 0 fully saturated rings. The zero-order chi connectivity index (χ0) is 8.69. The average Bonchev–Trinajstić information content (AvgIpc) is 1.87. The van der Waals surface area contributed by atoms with E-state index in [9.17, 15) is 9.59 Å². The number of allylic oxidation sites excluding steroid dienone is 1. The van der Waals surface area contributed by atoms with E-state index in [-0.39, 0.29) is 12.2 Å². The van der Waals surface area contributed by atoms with Crippen molar-refractivity contribution >= 4 is 12.2 Å². The van der Waals surface area contributed by atoms with E-state index in [4.69, 9.17) is 0 Å². The topological polar surface area (TPSA) is 58.2 Å². The van der Waals surface area contributed by atoms with Crippen LogP contribution in [0, 0.1) is 0 Å². The normalized spacial score (nSPS) is 10.5. The largest absolute Gasteiger partial charge is 0.393 e. The summed E-state index contributed by atoms with van der Waals surface area (Å²) in [4.78, 5) is 20.6. The van der Waals surface area contributed by atoms with Gasteiger partial charge in [-0.2, -0.15) is 0 Å². The molecule has 0 aromatic carbocycles. The van der Waals surface area contributed by atoms with Gasteiger partial charge in [-0.15, -0.1) is 0 Å². The molecule has 0 saturated heterocycles. The van der Waals surface area contributed by atoms with Crippen molar-refractivity contribution in [3.63, 3.8) is 0 Å². The van der Waals surface area contributed by atoms with Crippen LogP contribution < -0.4 is 10.6 Å². The molecule has 0 aromatic rings. The van der Waals surface area contributed by atoms with E-state index in [0.29, 0.717) is 12.1 Å². The minimum Gasteiger partial charge on any atom is -0.393 e. The predicted octanol–water partition coefficient (Wildman–Crippen LogP) is -0.228. The molecule has 0 aliphatic heterocycles. The lowest BCUT2D eigenvalue weighted by atomic mass is 10.2. The van der Waals surface area contributed by atoms with Crippen molar-refractivity contribution in [2.24, 2.45) is 0 Å². The Labute approximate surface area is 65.7 Å². The van der Waals surface area contributed by atoms with Crippen molar-refractivity contribution in [1.82, 2.24) is 10.6 Å². The van der Waals surface area contributed by atoms with Crippen LogP contribution in [0.5, 0.6) is 0 Å². The fraction of sp³-hybridized carbons (Fsp3) is 0.429. The minimum absolute atomic E-state index is 0.0147. The smallest absolute Gasteiger partial charge is 0.211 e. The molecule has 4 heteroatoms. The number of amides is 1. The van der Waals surface area contributed by atoms with Gasteiger partial charge in [0.25, 0.3) is 0 Å². The third-order valence-electron chi connectivity index (χ3n) is 1.00. The Morgan fingerprint density at radius 2 is 2.18 bits per heavy atom. The predicted molar refractivity (Wildman–Crippen MR) is 41.6 cm³/mol. The number of ketones is 1. The number of carbonyl (C=O) groups is 2. The molecule has 0 unspecified atom stereocenters. The first-order valence-corrected chi connectivity index (χ1v) is 3.26. The summed E-state index contributed by atoms with van der Waals surface area (Å²) in [7, 11) is 1.70. The molecule has 0 rings (SSSR count). The summed E-state index contributed by atoms with van der Waals surface area (Å²) < 4.78 is 0. The number of Topliss-reactive ketones (excluding diaryl/α,β-unsaturated/α-hetero) is 1. The van der Waals surface area contributed by atoms with Crippen LogP contribution in [0.2, 0.25) is 0 Å². The number of nitrogens with one attached hydrogen (secondary N) is 2. The summed E-state index contributed by atoms with van der Waals surface area (Å²) in [6.45, 7) is 1.47. The molecule has 0 aliphatic carbocycles. The molecule has 62 valence electrons. The van der Waals surface area contributed by atoms with Crippen LogP contribution in [0.4, 0.5) is 0 Å². The number of hydrogen-bond donors (Lipinski definition) is 2. The molecule has 2 N–H and O–H groups in total. The van der Waals surface area contributed by atoms with Crippen LogP contribution in [-0.4, -0.2) is 19.2 Å². The second-order valence-electron chi connectivity index (χ2n) is 2.10. The lowest BCUT2D eigenvalue weighted by molar-refractivity contribution is -0.116. The monoisotopic (exact) mass is 156 g/mol. The van der Waals surface area contributed by atoms with E-state index in [1.807, 2.05) is 0 Å². The lowest BCUT2D eigenvalue weighted by Gasteiger charge is -2.01. The molecule has 0 aromatic heterocycles. The van der Waals surface area contributed by atoms with Gasteiger partial charge >= 0.3 is 0 Å². The van der Waals surface area contributed by atoms with Gasteiger partial charge in [0.15, 0.2) is 0 Å². The van der Waals surface area contributed by atoms with E-state index >= 15 is 0 Å². The molecule has 11 heavy (non-hydrogen) atoms. The Morgan fingerprint density at radius 1 is 1.55 bits per heavy atom. The van der Waals surface area contributed by atoms with Crippen molar-refractivity contribution in [3.05, 3.63) is 11.9 Å². The number of rotatable bonds is 5. The molecule has 0 atom stereocenters. The Hall–Kier alpha value is -1.32. The fourth-order valence-electron chi connectivity index (χ4n) is 0.662. The first kappa shape index (κ1) is 9.68. The minimum atomic E-state index is 0.0147.